The van der Waals surface area contributed by atoms with Crippen molar-refractivity contribution in [1.29, 1.82) is 0 Å². The average molecular weight is 354 g/mol. The Morgan fingerprint density at radius 1 is 1.25 bits per heavy atom. The Kier molecular flexibility index (Phi) is 5.91. The first-order valence-corrected chi connectivity index (χ1v) is 8.00. The number of quaternary nitrogens is 1. The molecule has 0 spiro atoms. The molecule has 2 rings (SSSR count). The van der Waals surface area contributed by atoms with Gasteiger partial charge in [0.05, 0.1) is 10.7 Å². The highest BCUT2D eigenvalue weighted by Gasteiger charge is 2.17. The van der Waals surface area contributed by atoms with E-state index in [9.17, 15) is 13.6 Å². The minimum absolute atomic E-state index is 0.0988. The van der Waals surface area contributed by atoms with Gasteiger partial charge in [-0.3, -0.25) is 4.79 Å². The summed E-state index contributed by atoms with van der Waals surface area (Å²) in [6, 6.07) is 6.84. The molecule has 0 aliphatic rings. The minimum Gasteiger partial charge on any atom is -0.332 e. The van der Waals surface area contributed by atoms with Gasteiger partial charge in [-0.2, -0.15) is 0 Å². The maximum absolute atomic E-state index is 13.7. The maximum atomic E-state index is 13.7. The Hall–Kier alpha value is -1.98. The van der Waals surface area contributed by atoms with Crippen LogP contribution in [0.3, 0.4) is 0 Å². The van der Waals surface area contributed by atoms with Gasteiger partial charge in [0.2, 0.25) is 0 Å². The van der Waals surface area contributed by atoms with Crippen molar-refractivity contribution in [2.75, 3.05) is 11.9 Å². The fourth-order valence-electron chi connectivity index (χ4n) is 2.55. The molecule has 0 radical (unpaired) electrons. The Morgan fingerprint density at radius 2 is 1.96 bits per heavy atom. The van der Waals surface area contributed by atoms with Crippen molar-refractivity contribution in [2.45, 2.75) is 26.8 Å². The lowest BCUT2D eigenvalue weighted by Crippen LogP contribution is -2.86. The van der Waals surface area contributed by atoms with E-state index in [2.05, 4.69) is 5.32 Å². The molecule has 0 heterocycles. The number of hydrogen-bond acceptors (Lipinski definition) is 1. The number of benzene rings is 2. The monoisotopic (exact) mass is 353 g/mol. The summed E-state index contributed by atoms with van der Waals surface area (Å²) in [5, 5.41) is 4.95. The number of nitrogens with two attached hydrogens (primary N) is 1. The molecule has 0 aliphatic heterocycles. The topological polar surface area (TPSA) is 45.7 Å². The lowest BCUT2D eigenvalue weighted by Gasteiger charge is -2.14. The zero-order valence-electron chi connectivity index (χ0n) is 13.8. The van der Waals surface area contributed by atoms with Gasteiger partial charge >= 0.3 is 0 Å². The molecule has 3 N–H and O–H groups in total. The number of rotatable bonds is 5. The second-order valence-electron chi connectivity index (χ2n) is 5.88. The number of anilines is 1. The maximum Gasteiger partial charge on any atom is 0.279 e. The number of hydrogen-bond donors (Lipinski definition) is 2. The number of carbonyl (C=O) groups is 1. The summed E-state index contributed by atoms with van der Waals surface area (Å²) < 4.78 is 26.7. The van der Waals surface area contributed by atoms with Crippen molar-refractivity contribution in [3.8, 4) is 0 Å². The van der Waals surface area contributed by atoms with E-state index in [-0.39, 0.29) is 18.5 Å². The summed E-state index contributed by atoms with van der Waals surface area (Å²) in [7, 11) is 0. The van der Waals surface area contributed by atoms with Gasteiger partial charge in [0, 0.05) is 11.6 Å². The van der Waals surface area contributed by atoms with Gasteiger partial charge in [-0.15, -0.1) is 0 Å². The number of carbonyl (C=O) groups excluding carboxylic acids is 1. The number of amides is 1. The third-order valence-corrected chi connectivity index (χ3v) is 4.10. The normalized spacial score (nSPS) is 12.1. The van der Waals surface area contributed by atoms with Gasteiger partial charge in [0.1, 0.15) is 17.7 Å². The first-order valence-electron chi connectivity index (χ1n) is 7.62. The van der Waals surface area contributed by atoms with Crippen molar-refractivity contribution < 1.29 is 18.9 Å². The van der Waals surface area contributed by atoms with E-state index in [1.165, 1.54) is 12.1 Å². The van der Waals surface area contributed by atoms with E-state index in [0.29, 0.717) is 16.3 Å². The largest absolute Gasteiger partial charge is 0.332 e. The molecule has 0 bridgehead atoms. The average Bonchev–Trinajstić information content (AvgIpc) is 2.48. The smallest absolute Gasteiger partial charge is 0.279 e. The number of aryl methyl sites for hydroxylation is 2. The molecular formula is C18H20ClF2N2O+. The van der Waals surface area contributed by atoms with Crippen LogP contribution >= 0.6 is 11.6 Å². The Labute approximate surface area is 145 Å². The van der Waals surface area contributed by atoms with E-state index in [0.717, 1.165) is 17.2 Å². The molecule has 3 nitrogen and oxygen atoms in total. The van der Waals surface area contributed by atoms with Crippen molar-refractivity contribution >= 4 is 23.2 Å². The lowest BCUT2D eigenvalue weighted by molar-refractivity contribution is -0.682. The van der Waals surface area contributed by atoms with Crippen LogP contribution in [-0.2, 0) is 4.79 Å². The third kappa shape index (κ3) is 4.52. The van der Waals surface area contributed by atoms with Crippen molar-refractivity contribution in [1.82, 2.24) is 0 Å². The summed E-state index contributed by atoms with van der Waals surface area (Å²) in [6.07, 6.45) is 0. The van der Waals surface area contributed by atoms with E-state index in [1.807, 2.05) is 19.9 Å². The Balaban J connectivity index is 1.98. The van der Waals surface area contributed by atoms with Crippen molar-refractivity contribution in [3.05, 3.63) is 63.7 Å². The molecule has 0 fully saturated rings. The van der Waals surface area contributed by atoms with E-state index < -0.39 is 11.6 Å². The van der Waals surface area contributed by atoms with Crippen LogP contribution in [0.5, 0.6) is 0 Å². The van der Waals surface area contributed by atoms with Crippen molar-refractivity contribution in [3.63, 3.8) is 0 Å². The third-order valence-electron chi connectivity index (χ3n) is 3.81. The summed E-state index contributed by atoms with van der Waals surface area (Å²) in [5.41, 5.74) is 2.84. The fourth-order valence-corrected chi connectivity index (χ4v) is 2.91. The second kappa shape index (κ2) is 7.73. The SMILES string of the molecule is Cc1cc(C)c(NC(=O)C[NH2+][C@@H](C)c2ccc(F)cc2F)c(Cl)c1. The van der Waals surface area contributed by atoms with Gasteiger partial charge in [0.25, 0.3) is 5.91 Å². The van der Waals surface area contributed by atoms with Gasteiger partial charge in [-0.1, -0.05) is 17.7 Å². The van der Waals surface area contributed by atoms with Crippen LogP contribution in [-0.4, -0.2) is 12.5 Å². The first kappa shape index (κ1) is 18.4. The van der Waals surface area contributed by atoms with Crippen LogP contribution in [0.25, 0.3) is 0 Å². The quantitative estimate of drug-likeness (QED) is 0.849. The molecule has 0 saturated carbocycles. The van der Waals surface area contributed by atoms with Crippen LogP contribution in [0.1, 0.15) is 29.7 Å². The standard InChI is InChI=1S/C18H19ClF2N2O/c1-10-6-11(2)18(15(19)7-10)23-17(24)9-22-12(3)14-5-4-13(20)8-16(14)21/h4-8,12,22H,9H2,1-3H3,(H,23,24)/p+1/t12-/m0/s1. The van der Waals surface area contributed by atoms with E-state index in [1.54, 1.807) is 18.3 Å². The molecule has 128 valence electrons. The van der Waals surface area contributed by atoms with Crippen LogP contribution in [0, 0.1) is 25.5 Å². The number of nitrogens with one attached hydrogen (secondary N) is 1. The molecule has 0 unspecified atom stereocenters. The molecule has 1 amide bonds. The van der Waals surface area contributed by atoms with Gasteiger partial charge < -0.3 is 10.6 Å². The molecule has 24 heavy (non-hydrogen) atoms. The zero-order chi connectivity index (χ0) is 17.9. The second-order valence-corrected chi connectivity index (χ2v) is 6.29. The van der Waals surface area contributed by atoms with Gasteiger partial charge in [-0.25, -0.2) is 8.78 Å². The summed E-state index contributed by atoms with van der Waals surface area (Å²) in [6.45, 7) is 5.65. The first-order chi connectivity index (χ1) is 11.3. The minimum atomic E-state index is -0.620. The summed E-state index contributed by atoms with van der Waals surface area (Å²) >= 11 is 6.16. The Bertz CT molecular complexity index is 742. The van der Waals surface area contributed by atoms with Gasteiger partial charge in [-0.05, 0) is 50.1 Å². The molecule has 0 aromatic heterocycles. The van der Waals surface area contributed by atoms with Crippen LogP contribution in [0.15, 0.2) is 30.3 Å². The number of halogens is 3. The van der Waals surface area contributed by atoms with Crippen LogP contribution < -0.4 is 10.6 Å². The highest BCUT2D eigenvalue weighted by molar-refractivity contribution is 6.34. The summed E-state index contributed by atoms with van der Waals surface area (Å²) in [4.78, 5) is 12.1. The molecule has 0 saturated heterocycles. The predicted octanol–water partition coefficient (Wildman–Crippen LogP) is 3.50. The molecular weight excluding hydrogens is 334 g/mol. The summed E-state index contributed by atoms with van der Waals surface area (Å²) in [5.74, 6) is -1.47. The van der Waals surface area contributed by atoms with Crippen LogP contribution in [0.4, 0.5) is 14.5 Å². The predicted molar refractivity (Wildman–Crippen MR) is 91.1 cm³/mol. The van der Waals surface area contributed by atoms with E-state index >= 15 is 0 Å². The van der Waals surface area contributed by atoms with Crippen LogP contribution in [0.2, 0.25) is 5.02 Å². The van der Waals surface area contributed by atoms with Gasteiger partial charge in [0.15, 0.2) is 6.54 Å². The fraction of sp³-hybridized carbons (Fsp3) is 0.278. The van der Waals surface area contributed by atoms with Crippen molar-refractivity contribution in [2.24, 2.45) is 0 Å². The molecule has 0 aliphatic carbocycles. The molecule has 2 aromatic rings. The Morgan fingerprint density at radius 3 is 2.58 bits per heavy atom. The van der Waals surface area contributed by atoms with E-state index in [4.69, 9.17) is 11.6 Å². The lowest BCUT2D eigenvalue weighted by atomic mass is 10.1. The highest BCUT2D eigenvalue weighted by atomic mass is 35.5. The molecule has 2 aromatic carbocycles. The molecule has 1 atom stereocenters. The highest BCUT2D eigenvalue weighted by Crippen LogP contribution is 2.27. The molecule has 6 heteroatoms. The zero-order valence-corrected chi connectivity index (χ0v) is 14.5.